The van der Waals surface area contributed by atoms with E-state index in [1.54, 1.807) is 0 Å². The number of benzene rings is 2. The van der Waals surface area contributed by atoms with E-state index >= 15 is 0 Å². The molecule has 8 heteroatoms. The average molecular weight is 469 g/mol. The first-order chi connectivity index (χ1) is 16.4. The number of anilines is 1. The minimum absolute atomic E-state index is 0.0935. The first-order valence-corrected chi connectivity index (χ1v) is 11.9. The Balaban J connectivity index is 1.39. The van der Waals surface area contributed by atoms with Crippen LogP contribution in [-0.2, 0) is 4.79 Å². The van der Waals surface area contributed by atoms with E-state index in [1.807, 2.05) is 66.5 Å². The molecule has 1 saturated heterocycles. The van der Waals surface area contributed by atoms with Crippen molar-refractivity contribution in [3.8, 4) is 11.1 Å². The zero-order valence-corrected chi connectivity index (χ0v) is 19.8. The molecule has 3 rings (SSSR count). The highest BCUT2D eigenvalue weighted by Gasteiger charge is 2.23. The van der Waals surface area contributed by atoms with Crippen molar-refractivity contribution in [3.63, 3.8) is 0 Å². The van der Waals surface area contributed by atoms with Gasteiger partial charge in [0.05, 0.1) is 11.8 Å². The molecule has 0 spiro atoms. The number of amides is 2. The summed E-state index contributed by atoms with van der Waals surface area (Å²) in [5.74, 6) is -0.792. The molecule has 0 saturated carbocycles. The van der Waals surface area contributed by atoms with Crippen LogP contribution in [0, 0.1) is 0 Å². The van der Waals surface area contributed by atoms with Crippen LogP contribution in [0.15, 0.2) is 54.6 Å². The molecule has 1 atom stereocenters. The second-order valence-electron chi connectivity index (χ2n) is 9.00. The molecule has 0 aliphatic carbocycles. The molecule has 2 aromatic rings. The summed E-state index contributed by atoms with van der Waals surface area (Å²) in [6.07, 6.45) is 1.89. The van der Waals surface area contributed by atoms with E-state index in [1.165, 1.54) is 0 Å². The van der Waals surface area contributed by atoms with E-state index in [0.29, 0.717) is 26.1 Å². The molecular weight excluding hydrogens is 432 g/mol. The molecule has 34 heavy (non-hydrogen) atoms. The fraction of sp³-hybridized carbons (Fsp3) is 0.462. The number of likely N-dealkylation sites (N-methyl/N-ethyl adjacent to an activating group) is 1. The monoisotopic (exact) mass is 468 g/mol. The molecule has 2 amide bonds. The van der Waals surface area contributed by atoms with Crippen LogP contribution in [0.1, 0.15) is 25.7 Å². The number of nitrogens with one attached hydrogen (secondary N) is 2. The SMILES string of the molecule is CN(CCCC(=O)O)CC(O)CN1CCC(NC(=O)Nc2ccccc2-c2ccccc2)CC1. The lowest BCUT2D eigenvalue weighted by Crippen LogP contribution is -2.48. The van der Waals surface area contributed by atoms with Crippen LogP contribution in [0.3, 0.4) is 0 Å². The molecule has 8 nitrogen and oxygen atoms in total. The molecule has 1 aliphatic rings. The van der Waals surface area contributed by atoms with E-state index in [9.17, 15) is 14.7 Å². The van der Waals surface area contributed by atoms with Gasteiger partial charge in [0.2, 0.25) is 0 Å². The Hall–Kier alpha value is -2.94. The van der Waals surface area contributed by atoms with Crippen molar-refractivity contribution in [1.29, 1.82) is 0 Å². The number of hydrogen-bond acceptors (Lipinski definition) is 5. The topological polar surface area (TPSA) is 105 Å². The Morgan fingerprint density at radius 2 is 1.76 bits per heavy atom. The second-order valence-corrected chi connectivity index (χ2v) is 9.00. The summed E-state index contributed by atoms with van der Waals surface area (Å²) in [7, 11) is 1.90. The minimum Gasteiger partial charge on any atom is -0.481 e. The summed E-state index contributed by atoms with van der Waals surface area (Å²) >= 11 is 0. The Labute approximate surface area is 201 Å². The molecule has 1 fully saturated rings. The Morgan fingerprint density at radius 3 is 2.47 bits per heavy atom. The third-order valence-corrected chi connectivity index (χ3v) is 6.10. The normalized spacial score (nSPS) is 15.7. The van der Waals surface area contributed by atoms with Crippen LogP contribution in [0.4, 0.5) is 10.5 Å². The third-order valence-electron chi connectivity index (χ3n) is 6.10. The van der Waals surface area contributed by atoms with Gasteiger partial charge < -0.3 is 30.6 Å². The zero-order chi connectivity index (χ0) is 24.3. The number of β-amino-alcohol motifs (C(OH)–C–C–N with tert-alkyl or cyclic N) is 1. The number of likely N-dealkylation sites (tertiary alicyclic amines) is 1. The summed E-state index contributed by atoms with van der Waals surface area (Å²) in [6, 6.07) is 17.6. The van der Waals surface area contributed by atoms with Gasteiger partial charge in [-0.1, -0.05) is 48.5 Å². The van der Waals surface area contributed by atoms with E-state index in [-0.39, 0.29) is 18.5 Å². The zero-order valence-electron chi connectivity index (χ0n) is 19.8. The van der Waals surface area contributed by atoms with Gasteiger partial charge in [-0.05, 0) is 44.5 Å². The maximum absolute atomic E-state index is 12.7. The first kappa shape index (κ1) is 25.7. The summed E-state index contributed by atoms with van der Waals surface area (Å²) in [4.78, 5) is 27.5. The van der Waals surface area contributed by atoms with Gasteiger partial charge in [0.1, 0.15) is 0 Å². The minimum atomic E-state index is -0.792. The molecule has 184 valence electrons. The quantitative estimate of drug-likeness (QED) is 0.404. The number of aliphatic carboxylic acids is 1. The van der Waals surface area contributed by atoms with Gasteiger partial charge in [-0.3, -0.25) is 4.79 Å². The number of hydrogen-bond donors (Lipinski definition) is 4. The van der Waals surface area contributed by atoms with Crippen LogP contribution in [0.2, 0.25) is 0 Å². The van der Waals surface area contributed by atoms with Crippen LogP contribution in [0.25, 0.3) is 11.1 Å². The number of carbonyl (C=O) groups is 2. The molecule has 1 heterocycles. The molecule has 4 N–H and O–H groups in total. The smallest absolute Gasteiger partial charge is 0.319 e. The van der Waals surface area contributed by atoms with Crippen LogP contribution in [0.5, 0.6) is 0 Å². The second kappa shape index (κ2) is 13.1. The number of para-hydroxylation sites is 1. The first-order valence-electron chi connectivity index (χ1n) is 11.9. The van der Waals surface area contributed by atoms with Crippen LogP contribution in [-0.4, -0.2) is 83.9 Å². The molecule has 1 aliphatic heterocycles. The van der Waals surface area contributed by atoms with Gasteiger partial charge in [0, 0.05) is 44.2 Å². The van der Waals surface area contributed by atoms with Gasteiger partial charge in [0.25, 0.3) is 0 Å². The maximum atomic E-state index is 12.7. The van der Waals surface area contributed by atoms with E-state index in [2.05, 4.69) is 15.5 Å². The summed E-state index contributed by atoms with van der Waals surface area (Å²) in [5, 5.41) is 25.2. The fourth-order valence-corrected chi connectivity index (χ4v) is 4.37. The number of aliphatic hydroxyl groups is 1. The summed E-state index contributed by atoms with van der Waals surface area (Å²) in [5.41, 5.74) is 2.81. The van der Waals surface area contributed by atoms with Crippen LogP contribution < -0.4 is 10.6 Å². The number of carbonyl (C=O) groups excluding carboxylic acids is 1. The Kier molecular flexibility index (Phi) is 9.88. The largest absolute Gasteiger partial charge is 0.481 e. The summed E-state index contributed by atoms with van der Waals surface area (Å²) < 4.78 is 0. The average Bonchev–Trinajstić information content (AvgIpc) is 2.81. The maximum Gasteiger partial charge on any atom is 0.319 e. The number of carboxylic acid groups (broad SMARTS) is 1. The lowest BCUT2D eigenvalue weighted by Gasteiger charge is -2.34. The molecular formula is C26H36N4O4. The van der Waals surface area contributed by atoms with Gasteiger partial charge in [-0.25, -0.2) is 4.79 Å². The summed E-state index contributed by atoms with van der Waals surface area (Å²) in [6.45, 7) is 3.36. The number of rotatable bonds is 11. The number of aliphatic hydroxyl groups excluding tert-OH is 1. The van der Waals surface area contributed by atoms with Gasteiger partial charge >= 0.3 is 12.0 Å². The highest BCUT2D eigenvalue weighted by atomic mass is 16.4. The van der Waals surface area contributed by atoms with E-state index in [4.69, 9.17) is 5.11 Å². The molecule has 0 radical (unpaired) electrons. The lowest BCUT2D eigenvalue weighted by atomic mass is 10.0. The van der Waals surface area contributed by atoms with Crippen molar-refractivity contribution in [3.05, 3.63) is 54.6 Å². The molecule has 0 aromatic heterocycles. The van der Waals surface area contributed by atoms with E-state index < -0.39 is 12.1 Å². The van der Waals surface area contributed by atoms with Crippen molar-refractivity contribution < 1.29 is 19.8 Å². The van der Waals surface area contributed by atoms with Crippen LogP contribution >= 0.6 is 0 Å². The molecule has 0 bridgehead atoms. The highest BCUT2D eigenvalue weighted by Crippen LogP contribution is 2.27. The van der Waals surface area contributed by atoms with Gasteiger partial charge in [-0.2, -0.15) is 0 Å². The van der Waals surface area contributed by atoms with Gasteiger partial charge in [0.15, 0.2) is 0 Å². The predicted molar refractivity (Wildman–Crippen MR) is 134 cm³/mol. The van der Waals surface area contributed by atoms with E-state index in [0.717, 1.165) is 42.7 Å². The van der Waals surface area contributed by atoms with Crippen molar-refractivity contribution in [2.75, 3.05) is 45.1 Å². The van der Waals surface area contributed by atoms with Crippen molar-refractivity contribution >= 4 is 17.7 Å². The Bertz CT molecular complexity index is 916. The van der Waals surface area contributed by atoms with Gasteiger partial charge in [-0.15, -0.1) is 0 Å². The number of carboxylic acids is 1. The lowest BCUT2D eigenvalue weighted by molar-refractivity contribution is -0.137. The third kappa shape index (κ3) is 8.44. The van der Waals surface area contributed by atoms with Crippen molar-refractivity contribution in [1.82, 2.24) is 15.1 Å². The van der Waals surface area contributed by atoms with Crippen molar-refractivity contribution in [2.45, 2.75) is 37.8 Å². The Morgan fingerprint density at radius 1 is 1.09 bits per heavy atom. The molecule has 2 aromatic carbocycles. The fourth-order valence-electron chi connectivity index (χ4n) is 4.37. The predicted octanol–water partition coefficient (Wildman–Crippen LogP) is 3.10. The van der Waals surface area contributed by atoms with Crippen molar-refractivity contribution in [2.24, 2.45) is 0 Å². The standard InChI is InChI=1S/C26H36N4O4/c1-29(15-7-12-25(32)33)18-22(31)19-30-16-13-21(14-17-30)27-26(34)28-24-11-6-5-10-23(24)20-8-3-2-4-9-20/h2-6,8-11,21-22,31H,7,12-19H2,1H3,(H,32,33)(H2,27,28,34). The number of urea groups is 1. The molecule has 1 unspecified atom stereocenters. The number of nitrogens with zero attached hydrogens (tertiary/aromatic N) is 2. The number of piperidine rings is 1. The highest BCUT2D eigenvalue weighted by molar-refractivity contribution is 5.94.